The molecule has 142 valence electrons. The maximum Gasteiger partial charge on any atom is 0.276 e. The number of carbonyl (C=O) groups excluding carboxylic acids is 2. The summed E-state index contributed by atoms with van der Waals surface area (Å²) in [4.78, 5) is 27.3. The predicted octanol–water partition coefficient (Wildman–Crippen LogP) is 3.40. The molecule has 2 amide bonds. The Bertz CT molecular complexity index is 796. The number of benzene rings is 1. The number of carbonyl (C=O) groups is 2. The molecule has 6 heteroatoms. The van der Waals surface area contributed by atoms with Crippen molar-refractivity contribution in [1.29, 1.82) is 0 Å². The van der Waals surface area contributed by atoms with E-state index >= 15 is 0 Å². The molecule has 0 spiro atoms. The van der Waals surface area contributed by atoms with Crippen molar-refractivity contribution in [3.63, 3.8) is 0 Å². The number of nitrogens with one attached hydrogen (secondary N) is 1. The van der Waals surface area contributed by atoms with Crippen LogP contribution in [0.15, 0.2) is 40.9 Å². The lowest BCUT2D eigenvalue weighted by Gasteiger charge is -2.27. The summed E-state index contributed by atoms with van der Waals surface area (Å²) in [6, 6.07) is 11.1. The van der Waals surface area contributed by atoms with Crippen molar-refractivity contribution >= 4 is 11.8 Å². The average Bonchev–Trinajstić information content (AvgIpc) is 3.39. The second-order valence-corrected chi connectivity index (χ2v) is 7.44. The maximum atomic E-state index is 12.9. The summed E-state index contributed by atoms with van der Waals surface area (Å²) in [6.07, 6.45) is 7.19. The second-order valence-electron chi connectivity index (χ2n) is 7.44. The molecule has 1 N–H and O–H groups in total. The van der Waals surface area contributed by atoms with E-state index in [1.807, 2.05) is 30.3 Å². The minimum absolute atomic E-state index is 0.0282. The molecule has 1 aromatic carbocycles. The molecule has 1 saturated carbocycles. The van der Waals surface area contributed by atoms with E-state index in [2.05, 4.69) is 10.5 Å². The lowest BCUT2D eigenvalue weighted by molar-refractivity contribution is -0.125. The molecule has 6 nitrogen and oxygen atoms in total. The third-order valence-electron chi connectivity index (χ3n) is 5.56. The molecule has 0 radical (unpaired) electrons. The van der Waals surface area contributed by atoms with Crippen LogP contribution in [0, 0.1) is 0 Å². The molecular formula is C21H25N3O3. The summed E-state index contributed by atoms with van der Waals surface area (Å²) in [7, 11) is 0. The van der Waals surface area contributed by atoms with Gasteiger partial charge in [0.2, 0.25) is 5.91 Å². The van der Waals surface area contributed by atoms with Crippen LogP contribution in [-0.2, 0) is 4.79 Å². The lowest BCUT2D eigenvalue weighted by Crippen LogP contribution is -2.49. The number of rotatable bonds is 4. The Morgan fingerprint density at radius 3 is 2.59 bits per heavy atom. The fourth-order valence-electron chi connectivity index (χ4n) is 4.09. The van der Waals surface area contributed by atoms with E-state index in [4.69, 9.17) is 4.52 Å². The first-order valence-electron chi connectivity index (χ1n) is 9.86. The Kier molecular flexibility index (Phi) is 5.23. The van der Waals surface area contributed by atoms with E-state index in [0.717, 1.165) is 24.8 Å². The fourth-order valence-corrected chi connectivity index (χ4v) is 4.09. The second kappa shape index (κ2) is 7.94. The first-order chi connectivity index (χ1) is 13.2. The van der Waals surface area contributed by atoms with Crippen LogP contribution < -0.4 is 5.32 Å². The van der Waals surface area contributed by atoms with Crippen molar-refractivity contribution in [1.82, 2.24) is 15.4 Å². The number of likely N-dealkylation sites (tertiary alicyclic amines) is 1. The number of hydrogen-bond acceptors (Lipinski definition) is 4. The summed E-state index contributed by atoms with van der Waals surface area (Å²) >= 11 is 0. The van der Waals surface area contributed by atoms with E-state index < -0.39 is 6.04 Å². The fraction of sp³-hybridized carbons (Fsp3) is 0.476. The average molecular weight is 367 g/mol. The minimum atomic E-state index is -0.406. The van der Waals surface area contributed by atoms with Crippen molar-refractivity contribution in [2.24, 2.45) is 0 Å². The number of amides is 2. The highest BCUT2D eigenvalue weighted by Gasteiger charge is 2.36. The van der Waals surface area contributed by atoms with E-state index in [9.17, 15) is 9.59 Å². The summed E-state index contributed by atoms with van der Waals surface area (Å²) in [6.45, 7) is 0.578. The number of hydrogen-bond donors (Lipinski definition) is 1. The van der Waals surface area contributed by atoms with Gasteiger partial charge in [0.15, 0.2) is 11.5 Å². The third kappa shape index (κ3) is 3.89. The summed E-state index contributed by atoms with van der Waals surface area (Å²) < 4.78 is 5.35. The van der Waals surface area contributed by atoms with Crippen LogP contribution in [0.2, 0.25) is 0 Å². The number of aromatic nitrogens is 1. The van der Waals surface area contributed by atoms with Gasteiger partial charge >= 0.3 is 0 Å². The zero-order valence-corrected chi connectivity index (χ0v) is 15.4. The van der Waals surface area contributed by atoms with Gasteiger partial charge in [0, 0.05) is 24.2 Å². The normalized spacial score (nSPS) is 20.6. The van der Waals surface area contributed by atoms with Gasteiger partial charge in [-0.15, -0.1) is 0 Å². The van der Waals surface area contributed by atoms with Gasteiger partial charge in [-0.3, -0.25) is 9.59 Å². The molecule has 1 saturated heterocycles. The van der Waals surface area contributed by atoms with Crippen LogP contribution in [-0.4, -0.2) is 40.5 Å². The maximum absolute atomic E-state index is 12.9. The topological polar surface area (TPSA) is 75.4 Å². The van der Waals surface area contributed by atoms with Gasteiger partial charge in [-0.05, 0) is 25.7 Å². The third-order valence-corrected chi connectivity index (χ3v) is 5.56. The zero-order valence-electron chi connectivity index (χ0n) is 15.4. The van der Waals surface area contributed by atoms with Crippen LogP contribution in [0.3, 0.4) is 0 Å². The zero-order chi connectivity index (χ0) is 18.6. The Morgan fingerprint density at radius 2 is 1.81 bits per heavy atom. The molecule has 2 aromatic rings. The summed E-state index contributed by atoms with van der Waals surface area (Å²) in [5, 5.41) is 7.10. The van der Waals surface area contributed by atoms with Gasteiger partial charge in [-0.25, -0.2) is 0 Å². The Hall–Kier alpha value is -2.63. The molecule has 2 aliphatic rings. The van der Waals surface area contributed by atoms with Crippen LogP contribution >= 0.6 is 0 Å². The predicted molar refractivity (Wildman–Crippen MR) is 101 cm³/mol. The first kappa shape index (κ1) is 17.8. The standard InChI is InChI=1S/C21H25N3O3/c25-20(22-16-10-5-2-6-11-16)18-12-7-13-24(18)21(26)17-14-19(27-23-17)15-8-3-1-4-9-15/h1,3-4,8-9,14,16,18H,2,5-7,10-13H2,(H,22,25)/t18-/m1/s1. The van der Waals surface area contributed by atoms with E-state index in [0.29, 0.717) is 18.7 Å². The molecule has 1 aromatic heterocycles. The largest absolute Gasteiger partial charge is 0.355 e. The van der Waals surface area contributed by atoms with Gasteiger partial charge < -0.3 is 14.7 Å². The van der Waals surface area contributed by atoms with Crippen LogP contribution in [0.1, 0.15) is 55.4 Å². The van der Waals surface area contributed by atoms with Crippen molar-refractivity contribution in [2.45, 2.75) is 57.0 Å². The Morgan fingerprint density at radius 1 is 1.04 bits per heavy atom. The van der Waals surface area contributed by atoms with E-state index in [-0.39, 0.29) is 23.6 Å². The highest BCUT2D eigenvalue weighted by Crippen LogP contribution is 2.25. The highest BCUT2D eigenvalue weighted by molar-refractivity contribution is 5.97. The molecule has 27 heavy (non-hydrogen) atoms. The smallest absolute Gasteiger partial charge is 0.276 e. The molecule has 2 heterocycles. The quantitative estimate of drug-likeness (QED) is 0.899. The van der Waals surface area contributed by atoms with Crippen molar-refractivity contribution in [2.75, 3.05) is 6.54 Å². The van der Waals surface area contributed by atoms with Crippen molar-refractivity contribution in [3.05, 3.63) is 42.1 Å². The van der Waals surface area contributed by atoms with Gasteiger partial charge in [-0.2, -0.15) is 0 Å². The Balaban J connectivity index is 1.44. The monoisotopic (exact) mass is 367 g/mol. The van der Waals surface area contributed by atoms with Crippen LogP contribution in [0.4, 0.5) is 0 Å². The number of nitrogens with zero attached hydrogens (tertiary/aromatic N) is 2. The molecule has 4 rings (SSSR count). The van der Waals surface area contributed by atoms with Crippen molar-refractivity contribution in [3.8, 4) is 11.3 Å². The van der Waals surface area contributed by atoms with Crippen molar-refractivity contribution < 1.29 is 14.1 Å². The van der Waals surface area contributed by atoms with E-state index in [1.165, 1.54) is 19.3 Å². The lowest BCUT2D eigenvalue weighted by atomic mass is 9.95. The molecule has 2 fully saturated rings. The van der Waals surface area contributed by atoms with E-state index in [1.54, 1.807) is 11.0 Å². The minimum Gasteiger partial charge on any atom is -0.355 e. The summed E-state index contributed by atoms with van der Waals surface area (Å²) in [5.74, 6) is 0.295. The molecule has 0 bridgehead atoms. The Labute approximate surface area is 158 Å². The van der Waals surface area contributed by atoms with Gasteiger partial charge in [0.25, 0.3) is 5.91 Å². The molecular weight excluding hydrogens is 342 g/mol. The van der Waals surface area contributed by atoms with Gasteiger partial charge in [0.1, 0.15) is 6.04 Å². The molecule has 1 aliphatic heterocycles. The van der Waals surface area contributed by atoms with Crippen LogP contribution in [0.5, 0.6) is 0 Å². The molecule has 1 atom stereocenters. The first-order valence-corrected chi connectivity index (χ1v) is 9.86. The van der Waals surface area contributed by atoms with Gasteiger partial charge in [0.05, 0.1) is 0 Å². The van der Waals surface area contributed by atoms with Gasteiger partial charge in [-0.1, -0.05) is 54.8 Å². The summed E-state index contributed by atoms with van der Waals surface area (Å²) in [5.41, 5.74) is 1.13. The molecule has 0 unspecified atom stereocenters. The van der Waals surface area contributed by atoms with Crippen LogP contribution in [0.25, 0.3) is 11.3 Å². The molecule has 1 aliphatic carbocycles. The highest BCUT2D eigenvalue weighted by atomic mass is 16.5. The SMILES string of the molecule is O=C(NC1CCCCC1)[C@H]1CCCN1C(=O)c1cc(-c2ccccc2)on1.